The van der Waals surface area contributed by atoms with Gasteiger partial charge in [0.2, 0.25) is 0 Å². The number of phenols is 1. The van der Waals surface area contributed by atoms with Crippen LogP contribution in [0.5, 0.6) is 28.7 Å². The Labute approximate surface area is 160 Å². The van der Waals surface area contributed by atoms with E-state index in [4.69, 9.17) is 18.9 Å². The summed E-state index contributed by atoms with van der Waals surface area (Å²) in [6, 6.07) is 8.47. The Morgan fingerprint density at radius 3 is 2.25 bits per heavy atom. The zero-order valence-electron chi connectivity index (χ0n) is 15.5. The molecule has 0 aromatic heterocycles. The molecule has 28 heavy (non-hydrogen) atoms. The van der Waals surface area contributed by atoms with Crippen LogP contribution >= 0.6 is 0 Å². The zero-order chi connectivity index (χ0) is 20.0. The maximum Gasteiger partial charge on any atom is 0.344 e. The fraction of sp³-hybridized carbons (Fsp3) is 0.190. The van der Waals surface area contributed by atoms with Gasteiger partial charge < -0.3 is 29.2 Å². The van der Waals surface area contributed by atoms with E-state index >= 15 is 0 Å². The van der Waals surface area contributed by atoms with Gasteiger partial charge in [-0.2, -0.15) is 0 Å². The lowest BCUT2D eigenvalue weighted by Gasteiger charge is -2.16. The molecule has 0 spiro atoms. The number of esters is 1. The Kier molecular flexibility index (Phi) is 4.24. The number of rotatable bonds is 5. The summed E-state index contributed by atoms with van der Waals surface area (Å²) in [5.41, 5.74) is 1.38. The summed E-state index contributed by atoms with van der Waals surface area (Å²) in [6.45, 7) is -0.532. The number of aromatic hydroxyl groups is 1. The summed E-state index contributed by atoms with van der Waals surface area (Å²) < 4.78 is 21.4. The normalized spacial score (nSPS) is 12.2. The number of aliphatic hydroxyl groups excluding tert-OH is 1. The number of hydrogen-bond donors (Lipinski definition) is 2. The first-order valence-electron chi connectivity index (χ1n) is 8.49. The molecule has 3 bridgehead atoms. The van der Waals surface area contributed by atoms with E-state index in [9.17, 15) is 15.0 Å². The van der Waals surface area contributed by atoms with Crippen molar-refractivity contribution in [2.24, 2.45) is 0 Å². The predicted molar refractivity (Wildman–Crippen MR) is 102 cm³/mol. The van der Waals surface area contributed by atoms with Gasteiger partial charge >= 0.3 is 5.97 Å². The number of aliphatic hydroxyl groups is 1. The van der Waals surface area contributed by atoms with E-state index in [2.05, 4.69) is 0 Å². The van der Waals surface area contributed by atoms with Gasteiger partial charge in [-0.1, -0.05) is 6.07 Å². The predicted octanol–water partition coefficient (Wildman–Crippen LogP) is 3.26. The van der Waals surface area contributed by atoms with E-state index in [0.717, 1.165) is 0 Å². The summed E-state index contributed by atoms with van der Waals surface area (Å²) in [7, 11) is 4.50. The largest absolute Gasteiger partial charge is 0.507 e. The third kappa shape index (κ3) is 2.44. The Bertz CT molecular complexity index is 1120. The lowest BCUT2D eigenvalue weighted by atomic mass is 9.89. The molecule has 0 aliphatic carbocycles. The molecule has 1 aliphatic heterocycles. The zero-order valence-corrected chi connectivity index (χ0v) is 15.5. The van der Waals surface area contributed by atoms with Gasteiger partial charge in [0.15, 0.2) is 23.0 Å². The van der Waals surface area contributed by atoms with Crippen LogP contribution in [0.3, 0.4) is 0 Å². The molecule has 3 aromatic rings. The standard InChI is InChI=1S/C21H18O7/c1-25-14-5-4-10(6-15(14)26-2)18-11-7-17-16(27-3)8-12(11)20(23)13(9-22)19(18)21(24)28-17/h4-8,22-23H,9H2,1-3H3. The van der Waals surface area contributed by atoms with Crippen molar-refractivity contribution in [1.29, 1.82) is 0 Å². The first kappa shape index (κ1) is 17.9. The van der Waals surface area contributed by atoms with Crippen LogP contribution < -0.4 is 18.9 Å². The first-order valence-corrected chi connectivity index (χ1v) is 8.49. The summed E-state index contributed by atoms with van der Waals surface area (Å²) in [5, 5.41) is 21.6. The number of benzene rings is 3. The smallest absolute Gasteiger partial charge is 0.344 e. The van der Waals surface area contributed by atoms with Crippen LogP contribution in [0.25, 0.3) is 21.9 Å². The summed E-state index contributed by atoms with van der Waals surface area (Å²) >= 11 is 0. The van der Waals surface area contributed by atoms with E-state index < -0.39 is 12.6 Å². The minimum atomic E-state index is -0.689. The van der Waals surface area contributed by atoms with Crippen molar-refractivity contribution in [1.82, 2.24) is 0 Å². The topological polar surface area (TPSA) is 94.5 Å². The van der Waals surface area contributed by atoms with Crippen LogP contribution in [-0.4, -0.2) is 37.5 Å². The van der Waals surface area contributed by atoms with Crippen molar-refractivity contribution >= 4 is 16.7 Å². The highest BCUT2D eigenvalue weighted by Crippen LogP contribution is 2.48. The molecule has 3 aromatic carbocycles. The number of carbonyl (C=O) groups excluding carboxylic acids is 1. The Hall–Kier alpha value is -3.45. The molecule has 0 radical (unpaired) electrons. The molecule has 0 saturated carbocycles. The van der Waals surface area contributed by atoms with E-state index in [1.54, 1.807) is 30.3 Å². The van der Waals surface area contributed by atoms with E-state index in [-0.39, 0.29) is 22.6 Å². The number of methoxy groups -OCH3 is 3. The third-order valence-corrected chi connectivity index (χ3v) is 4.90. The summed E-state index contributed by atoms with van der Waals surface area (Å²) in [5.74, 6) is 0.708. The molecule has 7 heteroatoms. The van der Waals surface area contributed by atoms with Gasteiger partial charge in [-0.3, -0.25) is 0 Å². The third-order valence-electron chi connectivity index (χ3n) is 4.90. The van der Waals surface area contributed by atoms with Crippen molar-refractivity contribution in [3.63, 3.8) is 0 Å². The molecule has 1 aliphatic rings. The quantitative estimate of drug-likeness (QED) is 0.517. The minimum Gasteiger partial charge on any atom is -0.507 e. The number of hydrogen-bond acceptors (Lipinski definition) is 7. The summed E-state index contributed by atoms with van der Waals surface area (Å²) in [4.78, 5) is 12.9. The van der Waals surface area contributed by atoms with Crippen LogP contribution in [0, 0.1) is 0 Å². The maximum absolute atomic E-state index is 12.9. The molecular weight excluding hydrogens is 364 g/mol. The lowest BCUT2D eigenvalue weighted by Crippen LogP contribution is -2.12. The monoisotopic (exact) mass is 382 g/mol. The van der Waals surface area contributed by atoms with Gasteiger partial charge in [0, 0.05) is 16.5 Å². The molecule has 0 saturated heterocycles. The number of ether oxygens (including phenoxy) is 4. The van der Waals surface area contributed by atoms with Gasteiger partial charge in [-0.15, -0.1) is 0 Å². The van der Waals surface area contributed by atoms with Crippen molar-refractivity contribution in [2.45, 2.75) is 6.61 Å². The Morgan fingerprint density at radius 2 is 1.61 bits per heavy atom. The van der Waals surface area contributed by atoms with Crippen LogP contribution in [0.2, 0.25) is 0 Å². The molecule has 0 amide bonds. The van der Waals surface area contributed by atoms with Gasteiger partial charge in [0.25, 0.3) is 0 Å². The fourth-order valence-electron chi connectivity index (χ4n) is 3.59. The van der Waals surface area contributed by atoms with Gasteiger partial charge in [0.1, 0.15) is 5.75 Å². The average Bonchev–Trinajstić information content (AvgIpc) is 2.78. The van der Waals surface area contributed by atoms with E-state index in [0.29, 0.717) is 39.1 Å². The number of fused-ring (bicyclic) bond motifs is 2. The van der Waals surface area contributed by atoms with Crippen molar-refractivity contribution in [2.75, 3.05) is 21.3 Å². The van der Waals surface area contributed by atoms with Crippen molar-refractivity contribution in [3.8, 4) is 39.9 Å². The second-order valence-corrected chi connectivity index (χ2v) is 6.24. The van der Waals surface area contributed by atoms with E-state index in [1.807, 2.05) is 0 Å². The lowest BCUT2D eigenvalue weighted by molar-refractivity contribution is 0.0728. The molecule has 7 nitrogen and oxygen atoms in total. The van der Waals surface area contributed by atoms with Crippen LogP contribution in [0.15, 0.2) is 30.3 Å². The van der Waals surface area contributed by atoms with Crippen molar-refractivity contribution < 1.29 is 34.0 Å². The minimum absolute atomic E-state index is 0.0942. The SMILES string of the molecule is COc1ccc(-c2c3c(CO)c(O)c4cc(OC)c(cc24)OC3=O)cc1OC. The fourth-order valence-corrected chi connectivity index (χ4v) is 3.59. The molecule has 0 atom stereocenters. The van der Waals surface area contributed by atoms with Gasteiger partial charge in [-0.25, -0.2) is 4.79 Å². The summed E-state index contributed by atoms with van der Waals surface area (Å²) in [6.07, 6.45) is 0. The molecule has 0 fully saturated rings. The van der Waals surface area contributed by atoms with Crippen LogP contribution in [-0.2, 0) is 6.61 Å². The Morgan fingerprint density at radius 1 is 0.893 bits per heavy atom. The van der Waals surface area contributed by atoms with Crippen molar-refractivity contribution in [3.05, 3.63) is 41.5 Å². The average molecular weight is 382 g/mol. The highest BCUT2D eigenvalue weighted by Gasteiger charge is 2.31. The highest BCUT2D eigenvalue weighted by atomic mass is 16.6. The first-order chi connectivity index (χ1) is 13.5. The molecule has 2 N–H and O–H groups in total. The maximum atomic E-state index is 12.9. The van der Waals surface area contributed by atoms with Gasteiger partial charge in [0.05, 0.1) is 33.5 Å². The highest BCUT2D eigenvalue weighted by molar-refractivity contribution is 6.14. The molecular formula is C21H18O7. The molecule has 1 heterocycles. The second-order valence-electron chi connectivity index (χ2n) is 6.24. The molecule has 0 unspecified atom stereocenters. The van der Waals surface area contributed by atoms with Gasteiger partial charge in [-0.05, 0) is 35.2 Å². The number of carbonyl (C=O) groups is 1. The molecule has 144 valence electrons. The second kappa shape index (κ2) is 6.61. The Balaban J connectivity index is 2.16. The van der Waals surface area contributed by atoms with Crippen LogP contribution in [0.4, 0.5) is 0 Å². The van der Waals surface area contributed by atoms with E-state index in [1.165, 1.54) is 21.3 Å². The molecule has 4 rings (SSSR count). The van der Waals surface area contributed by atoms with Crippen LogP contribution in [0.1, 0.15) is 15.9 Å².